The first-order valence-electron chi connectivity index (χ1n) is 9.20. The van der Waals surface area contributed by atoms with Crippen LogP contribution in [0.5, 0.6) is 0 Å². The van der Waals surface area contributed by atoms with Gasteiger partial charge in [0, 0.05) is 24.8 Å². The molecule has 0 amide bonds. The van der Waals surface area contributed by atoms with Gasteiger partial charge >= 0.3 is 0 Å². The molecule has 0 bridgehead atoms. The van der Waals surface area contributed by atoms with Gasteiger partial charge in [0.1, 0.15) is 0 Å². The summed E-state index contributed by atoms with van der Waals surface area (Å²) in [6, 6.07) is 15.9. The summed E-state index contributed by atoms with van der Waals surface area (Å²) in [6.45, 7) is 7.82. The molecule has 1 aliphatic rings. The van der Waals surface area contributed by atoms with Gasteiger partial charge < -0.3 is 5.32 Å². The van der Waals surface area contributed by atoms with E-state index in [9.17, 15) is 0 Å². The Hall–Kier alpha value is -1.71. The molecule has 1 fully saturated rings. The third-order valence-corrected chi connectivity index (χ3v) is 5.06. The molecule has 2 heterocycles. The second-order valence-electron chi connectivity index (χ2n) is 6.87. The molecule has 1 N–H and O–H groups in total. The normalized spacial score (nSPS) is 17.8. The summed E-state index contributed by atoms with van der Waals surface area (Å²) >= 11 is 0. The first kappa shape index (κ1) is 17.1. The first-order valence-corrected chi connectivity index (χ1v) is 9.20. The van der Waals surface area contributed by atoms with E-state index >= 15 is 0 Å². The molecule has 24 heavy (non-hydrogen) atoms. The molecule has 0 aliphatic carbocycles. The van der Waals surface area contributed by atoms with Gasteiger partial charge in [-0.05, 0) is 56.5 Å². The van der Waals surface area contributed by atoms with E-state index in [1.807, 2.05) is 12.3 Å². The van der Waals surface area contributed by atoms with E-state index in [0.717, 1.165) is 13.0 Å². The van der Waals surface area contributed by atoms with Crippen LogP contribution < -0.4 is 5.32 Å². The Balaban J connectivity index is 1.52. The maximum atomic E-state index is 4.61. The SMILES string of the molecule is CCC(NC1CCN(Cc2ccccc2)CC1)c1ncccc1C. The minimum Gasteiger partial charge on any atom is -0.306 e. The van der Waals surface area contributed by atoms with Crippen LogP contribution in [-0.4, -0.2) is 29.0 Å². The van der Waals surface area contributed by atoms with Crippen molar-refractivity contribution in [2.24, 2.45) is 0 Å². The van der Waals surface area contributed by atoms with E-state index in [1.165, 1.54) is 42.8 Å². The monoisotopic (exact) mass is 323 g/mol. The number of hydrogen-bond donors (Lipinski definition) is 1. The molecule has 3 rings (SSSR count). The maximum absolute atomic E-state index is 4.61. The number of benzene rings is 1. The molecule has 0 saturated carbocycles. The van der Waals surface area contributed by atoms with Crippen molar-refractivity contribution in [2.45, 2.75) is 51.7 Å². The smallest absolute Gasteiger partial charge is 0.0602 e. The predicted molar refractivity (Wildman–Crippen MR) is 99.9 cm³/mol. The van der Waals surface area contributed by atoms with Crippen LogP contribution in [0, 0.1) is 6.92 Å². The van der Waals surface area contributed by atoms with Gasteiger partial charge in [0.2, 0.25) is 0 Å². The third-order valence-electron chi connectivity index (χ3n) is 5.06. The molecule has 3 heteroatoms. The number of rotatable bonds is 6. The fourth-order valence-electron chi connectivity index (χ4n) is 3.64. The Bertz CT molecular complexity index is 618. The molecule has 1 unspecified atom stereocenters. The number of aryl methyl sites for hydroxylation is 1. The fraction of sp³-hybridized carbons (Fsp3) is 0.476. The number of hydrogen-bond acceptors (Lipinski definition) is 3. The molecule has 1 aromatic heterocycles. The van der Waals surface area contributed by atoms with E-state index in [0.29, 0.717) is 12.1 Å². The van der Waals surface area contributed by atoms with Crippen LogP contribution >= 0.6 is 0 Å². The Morgan fingerprint density at radius 1 is 1.12 bits per heavy atom. The van der Waals surface area contributed by atoms with Gasteiger partial charge in [-0.1, -0.05) is 43.3 Å². The quantitative estimate of drug-likeness (QED) is 0.867. The third kappa shape index (κ3) is 4.43. The van der Waals surface area contributed by atoms with Gasteiger partial charge in [-0.2, -0.15) is 0 Å². The van der Waals surface area contributed by atoms with Crippen molar-refractivity contribution < 1.29 is 0 Å². The molecule has 0 radical (unpaired) electrons. The molecule has 0 spiro atoms. The first-order chi connectivity index (χ1) is 11.8. The number of nitrogens with zero attached hydrogens (tertiary/aromatic N) is 2. The summed E-state index contributed by atoms with van der Waals surface area (Å²) in [5.41, 5.74) is 3.92. The minimum atomic E-state index is 0.372. The lowest BCUT2D eigenvalue weighted by molar-refractivity contribution is 0.183. The molecule has 3 nitrogen and oxygen atoms in total. The molecule has 1 aliphatic heterocycles. The molecular weight excluding hydrogens is 294 g/mol. The van der Waals surface area contributed by atoms with Crippen LogP contribution in [0.3, 0.4) is 0 Å². The Labute approximate surface area is 146 Å². The zero-order chi connectivity index (χ0) is 16.8. The Morgan fingerprint density at radius 2 is 1.88 bits per heavy atom. The lowest BCUT2D eigenvalue weighted by Crippen LogP contribution is -2.43. The minimum absolute atomic E-state index is 0.372. The number of nitrogens with one attached hydrogen (secondary N) is 1. The van der Waals surface area contributed by atoms with Gasteiger partial charge in [-0.25, -0.2) is 0 Å². The van der Waals surface area contributed by atoms with Crippen molar-refractivity contribution in [3.05, 3.63) is 65.5 Å². The largest absolute Gasteiger partial charge is 0.306 e. The van der Waals surface area contributed by atoms with E-state index in [4.69, 9.17) is 0 Å². The van der Waals surface area contributed by atoms with Crippen molar-refractivity contribution >= 4 is 0 Å². The zero-order valence-electron chi connectivity index (χ0n) is 14.9. The van der Waals surface area contributed by atoms with Crippen molar-refractivity contribution in [2.75, 3.05) is 13.1 Å². The summed E-state index contributed by atoms with van der Waals surface area (Å²) in [6.07, 6.45) is 5.43. The average molecular weight is 323 g/mol. The Kier molecular flexibility index (Phi) is 6.00. The summed E-state index contributed by atoms with van der Waals surface area (Å²) in [5.74, 6) is 0. The van der Waals surface area contributed by atoms with Gasteiger partial charge in [0.15, 0.2) is 0 Å². The predicted octanol–water partition coefficient (Wildman–Crippen LogP) is 4.10. The molecule has 1 atom stereocenters. The van der Waals surface area contributed by atoms with E-state index < -0.39 is 0 Å². The summed E-state index contributed by atoms with van der Waals surface area (Å²) < 4.78 is 0. The standard InChI is InChI=1S/C21H29N3/c1-3-20(21-17(2)8-7-13-22-21)23-19-11-14-24(15-12-19)16-18-9-5-4-6-10-18/h4-10,13,19-20,23H,3,11-12,14-16H2,1-2H3. The highest BCUT2D eigenvalue weighted by molar-refractivity contribution is 5.21. The van der Waals surface area contributed by atoms with Gasteiger partial charge in [-0.3, -0.25) is 9.88 Å². The highest BCUT2D eigenvalue weighted by Gasteiger charge is 2.23. The van der Waals surface area contributed by atoms with Crippen molar-refractivity contribution in [1.29, 1.82) is 0 Å². The van der Waals surface area contributed by atoms with Crippen LogP contribution in [-0.2, 0) is 6.54 Å². The molecular formula is C21H29N3. The summed E-state index contributed by atoms with van der Waals surface area (Å²) in [5, 5.41) is 3.86. The highest BCUT2D eigenvalue weighted by atomic mass is 15.1. The molecule has 2 aromatic rings. The maximum Gasteiger partial charge on any atom is 0.0602 e. The average Bonchev–Trinajstić information content (AvgIpc) is 2.63. The zero-order valence-corrected chi connectivity index (χ0v) is 14.9. The summed E-state index contributed by atoms with van der Waals surface area (Å²) in [4.78, 5) is 7.18. The van der Waals surface area contributed by atoms with Gasteiger partial charge in [0.05, 0.1) is 5.69 Å². The lowest BCUT2D eigenvalue weighted by atomic mass is 9.99. The van der Waals surface area contributed by atoms with E-state index in [-0.39, 0.29) is 0 Å². The van der Waals surface area contributed by atoms with E-state index in [2.05, 4.69) is 65.4 Å². The highest BCUT2D eigenvalue weighted by Crippen LogP contribution is 2.22. The van der Waals surface area contributed by atoms with Crippen LogP contribution in [0.25, 0.3) is 0 Å². The van der Waals surface area contributed by atoms with Gasteiger partial charge in [-0.15, -0.1) is 0 Å². The molecule has 1 saturated heterocycles. The van der Waals surface area contributed by atoms with Crippen molar-refractivity contribution in [3.8, 4) is 0 Å². The number of aromatic nitrogens is 1. The van der Waals surface area contributed by atoms with Crippen LogP contribution in [0.15, 0.2) is 48.7 Å². The summed E-state index contributed by atoms with van der Waals surface area (Å²) in [7, 11) is 0. The van der Waals surface area contributed by atoms with Crippen LogP contribution in [0.2, 0.25) is 0 Å². The number of likely N-dealkylation sites (tertiary alicyclic amines) is 1. The number of pyridine rings is 1. The van der Waals surface area contributed by atoms with E-state index in [1.54, 1.807) is 0 Å². The molecule has 128 valence electrons. The fourth-order valence-corrected chi connectivity index (χ4v) is 3.64. The second-order valence-corrected chi connectivity index (χ2v) is 6.87. The van der Waals surface area contributed by atoms with Gasteiger partial charge in [0.25, 0.3) is 0 Å². The molecule has 1 aromatic carbocycles. The Morgan fingerprint density at radius 3 is 2.54 bits per heavy atom. The lowest BCUT2D eigenvalue weighted by Gasteiger charge is -2.34. The second kappa shape index (κ2) is 8.41. The van der Waals surface area contributed by atoms with Crippen molar-refractivity contribution in [3.63, 3.8) is 0 Å². The number of piperidine rings is 1. The van der Waals surface area contributed by atoms with Crippen LogP contribution in [0.1, 0.15) is 49.0 Å². The van der Waals surface area contributed by atoms with Crippen molar-refractivity contribution in [1.82, 2.24) is 15.2 Å². The topological polar surface area (TPSA) is 28.2 Å². The van der Waals surface area contributed by atoms with Crippen LogP contribution in [0.4, 0.5) is 0 Å².